The highest BCUT2D eigenvalue weighted by Crippen LogP contribution is 2.27. The third-order valence-corrected chi connectivity index (χ3v) is 3.61. The lowest BCUT2D eigenvalue weighted by Gasteiger charge is -2.09. The molecule has 0 amide bonds. The first-order chi connectivity index (χ1) is 12.1. The van der Waals surface area contributed by atoms with E-state index < -0.39 is 4.92 Å². The lowest BCUT2D eigenvalue weighted by molar-refractivity contribution is -0.386. The highest BCUT2D eigenvalue weighted by atomic mass is 16.6. The van der Waals surface area contributed by atoms with Gasteiger partial charge in [0, 0.05) is 5.56 Å². The van der Waals surface area contributed by atoms with Crippen molar-refractivity contribution in [2.45, 2.75) is 13.5 Å². The van der Waals surface area contributed by atoms with Crippen LogP contribution >= 0.6 is 0 Å². The van der Waals surface area contributed by atoms with E-state index in [4.69, 9.17) is 9.26 Å². The van der Waals surface area contributed by atoms with Gasteiger partial charge in [0.2, 0.25) is 5.76 Å². The smallest absolute Gasteiger partial charge is 0.338 e. The summed E-state index contributed by atoms with van der Waals surface area (Å²) in [5.41, 5.74) is 1.97. The van der Waals surface area contributed by atoms with E-state index in [1.54, 1.807) is 6.08 Å². The first-order valence-electron chi connectivity index (χ1n) is 7.69. The second kappa shape index (κ2) is 7.44. The Balaban J connectivity index is 1.80. The van der Waals surface area contributed by atoms with Crippen LogP contribution in [0.2, 0.25) is 0 Å². The third kappa shape index (κ3) is 3.92. The molecule has 6 heteroatoms. The van der Waals surface area contributed by atoms with Crippen LogP contribution in [0.3, 0.4) is 0 Å². The van der Waals surface area contributed by atoms with Crippen LogP contribution in [0.25, 0.3) is 12.2 Å². The first-order valence-corrected chi connectivity index (χ1v) is 7.69. The average molecular weight is 336 g/mol. The number of aryl methyl sites for hydroxylation is 1. The molecule has 0 N–H and O–H groups in total. The molecule has 126 valence electrons. The van der Waals surface area contributed by atoms with Crippen molar-refractivity contribution >= 4 is 17.8 Å². The molecule has 0 bridgehead atoms. The van der Waals surface area contributed by atoms with E-state index in [0.29, 0.717) is 12.4 Å². The van der Waals surface area contributed by atoms with E-state index in [2.05, 4.69) is 5.16 Å². The number of nitro groups is 1. The average Bonchev–Trinajstić information content (AvgIpc) is 3.00. The fourth-order valence-corrected chi connectivity index (χ4v) is 2.36. The number of hydrogen-bond acceptors (Lipinski definition) is 5. The molecule has 0 aliphatic rings. The second-order valence-electron chi connectivity index (χ2n) is 5.38. The molecule has 0 aliphatic carbocycles. The van der Waals surface area contributed by atoms with Crippen molar-refractivity contribution in [3.05, 3.63) is 87.3 Å². The van der Waals surface area contributed by atoms with Crippen LogP contribution in [0.15, 0.2) is 59.1 Å². The maximum absolute atomic E-state index is 11.1. The first kappa shape index (κ1) is 16.4. The molecule has 0 atom stereocenters. The molecule has 0 radical (unpaired) electrons. The zero-order chi connectivity index (χ0) is 17.6. The number of rotatable bonds is 6. The standard InChI is InChI=1S/C19H16N2O4/c1-14-19(21(22)23)18(25-20-14)12-11-16-9-5-6-10-17(16)24-13-15-7-3-2-4-8-15/h2-12H,13H2,1H3/b12-11-. The Morgan fingerprint density at radius 1 is 1.12 bits per heavy atom. The molecule has 1 aromatic heterocycles. The highest BCUT2D eigenvalue weighted by Gasteiger charge is 2.21. The van der Waals surface area contributed by atoms with Gasteiger partial charge in [-0.05, 0) is 30.7 Å². The van der Waals surface area contributed by atoms with Gasteiger partial charge in [-0.1, -0.05) is 53.7 Å². The largest absolute Gasteiger partial charge is 0.488 e. The number of para-hydroxylation sites is 1. The Bertz CT molecular complexity index is 901. The molecule has 2 aromatic carbocycles. The summed E-state index contributed by atoms with van der Waals surface area (Å²) in [5.74, 6) is 0.793. The highest BCUT2D eigenvalue weighted by molar-refractivity contribution is 5.74. The fourth-order valence-electron chi connectivity index (χ4n) is 2.36. The van der Waals surface area contributed by atoms with Gasteiger partial charge in [-0.25, -0.2) is 0 Å². The van der Waals surface area contributed by atoms with Crippen LogP contribution in [-0.4, -0.2) is 10.1 Å². The molecule has 25 heavy (non-hydrogen) atoms. The summed E-state index contributed by atoms with van der Waals surface area (Å²) in [6, 6.07) is 17.3. The predicted octanol–water partition coefficient (Wildman–Crippen LogP) is 4.64. The Kier molecular flexibility index (Phi) is 4.89. The molecule has 3 rings (SSSR count). The summed E-state index contributed by atoms with van der Waals surface area (Å²) < 4.78 is 10.9. The van der Waals surface area contributed by atoms with Gasteiger partial charge >= 0.3 is 5.69 Å². The molecule has 0 unspecified atom stereocenters. The van der Waals surface area contributed by atoms with Gasteiger partial charge in [0.05, 0.1) is 4.92 Å². The number of nitrogens with zero attached hydrogens (tertiary/aromatic N) is 2. The normalized spacial score (nSPS) is 10.9. The molecule has 6 nitrogen and oxygen atoms in total. The van der Waals surface area contributed by atoms with Crippen molar-refractivity contribution in [1.29, 1.82) is 0 Å². The van der Waals surface area contributed by atoms with Crippen LogP contribution in [0.5, 0.6) is 5.75 Å². The van der Waals surface area contributed by atoms with Crippen LogP contribution in [0, 0.1) is 17.0 Å². The predicted molar refractivity (Wildman–Crippen MR) is 94.0 cm³/mol. The van der Waals surface area contributed by atoms with E-state index in [0.717, 1.165) is 11.1 Å². The number of benzene rings is 2. The lowest BCUT2D eigenvalue weighted by Crippen LogP contribution is -1.96. The maximum Gasteiger partial charge on any atom is 0.338 e. The van der Waals surface area contributed by atoms with E-state index in [1.165, 1.54) is 13.0 Å². The summed E-state index contributed by atoms with van der Waals surface area (Å²) in [6.07, 6.45) is 3.25. The van der Waals surface area contributed by atoms with Crippen molar-refractivity contribution < 1.29 is 14.2 Å². The summed E-state index contributed by atoms with van der Waals surface area (Å²) in [7, 11) is 0. The van der Waals surface area contributed by atoms with Gasteiger partial charge in [-0.2, -0.15) is 0 Å². The van der Waals surface area contributed by atoms with Crippen molar-refractivity contribution in [1.82, 2.24) is 5.16 Å². The zero-order valence-corrected chi connectivity index (χ0v) is 13.6. The van der Waals surface area contributed by atoms with Gasteiger partial charge in [0.1, 0.15) is 12.4 Å². The molecular formula is C19H16N2O4. The summed E-state index contributed by atoms with van der Waals surface area (Å²) in [4.78, 5) is 10.6. The third-order valence-electron chi connectivity index (χ3n) is 3.61. The molecule has 0 saturated carbocycles. The molecule has 0 fully saturated rings. The molecule has 0 spiro atoms. The Morgan fingerprint density at radius 3 is 2.60 bits per heavy atom. The van der Waals surface area contributed by atoms with E-state index in [-0.39, 0.29) is 17.1 Å². The van der Waals surface area contributed by atoms with Gasteiger partial charge in [0.25, 0.3) is 0 Å². The molecule has 0 saturated heterocycles. The van der Waals surface area contributed by atoms with E-state index >= 15 is 0 Å². The maximum atomic E-state index is 11.1. The van der Waals surface area contributed by atoms with Crippen molar-refractivity contribution in [3.8, 4) is 5.75 Å². The Labute approximate surface area is 144 Å². The number of aromatic nitrogens is 1. The molecule has 0 aliphatic heterocycles. The minimum atomic E-state index is -0.497. The minimum Gasteiger partial charge on any atom is -0.488 e. The van der Waals surface area contributed by atoms with Crippen LogP contribution in [0.4, 0.5) is 5.69 Å². The second-order valence-corrected chi connectivity index (χ2v) is 5.38. The minimum absolute atomic E-state index is 0.111. The van der Waals surface area contributed by atoms with Gasteiger partial charge in [0.15, 0.2) is 5.69 Å². The van der Waals surface area contributed by atoms with Crippen molar-refractivity contribution in [2.24, 2.45) is 0 Å². The summed E-state index contributed by atoms with van der Waals surface area (Å²) in [6.45, 7) is 1.98. The lowest BCUT2D eigenvalue weighted by atomic mass is 10.1. The topological polar surface area (TPSA) is 78.4 Å². The van der Waals surface area contributed by atoms with E-state index in [1.807, 2.05) is 54.6 Å². The quantitative estimate of drug-likeness (QED) is 0.484. The Morgan fingerprint density at radius 2 is 1.84 bits per heavy atom. The fraction of sp³-hybridized carbons (Fsp3) is 0.105. The van der Waals surface area contributed by atoms with E-state index in [9.17, 15) is 10.1 Å². The van der Waals surface area contributed by atoms with Crippen molar-refractivity contribution in [2.75, 3.05) is 0 Å². The monoisotopic (exact) mass is 336 g/mol. The summed E-state index contributed by atoms with van der Waals surface area (Å²) in [5, 5.41) is 14.7. The molecular weight excluding hydrogens is 320 g/mol. The number of hydrogen-bond donors (Lipinski definition) is 0. The summed E-state index contributed by atoms with van der Waals surface area (Å²) >= 11 is 0. The van der Waals surface area contributed by atoms with Gasteiger partial charge < -0.3 is 9.26 Å². The van der Waals surface area contributed by atoms with Gasteiger partial charge in [-0.15, -0.1) is 0 Å². The van der Waals surface area contributed by atoms with Crippen LogP contribution in [0.1, 0.15) is 22.6 Å². The molecule has 3 aromatic rings. The van der Waals surface area contributed by atoms with Crippen LogP contribution < -0.4 is 4.74 Å². The zero-order valence-electron chi connectivity index (χ0n) is 13.6. The van der Waals surface area contributed by atoms with Gasteiger partial charge in [-0.3, -0.25) is 10.1 Å². The van der Waals surface area contributed by atoms with Crippen LogP contribution in [-0.2, 0) is 6.61 Å². The molecule has 1 heterocycles. The number of ether oxygens (including phenoxy) is 1. The van der Waals surface area contributed by atoms with Crippen molar-refractivity contribution in [3.63, 3.8) is 0 Å². The Hall–Kier alpha value is -3.41. The SMILES string of the molecule is Cc1noc(/C=C\c2ccccc2OCc2ccccc2)c1[N+](=O)[O-].